The summed E-state index contributed by atoms with van der Waals surface area (Å²) < 4.78 is 0. The van der Waals surface area contributed by atoms with E-state index >= 15 is 0 Å². The van der Waals surface area contributed by atoms with Crippen molar-refractivity contribution in [1.82, 2.24) is 14.8 Å². The monoisotopic (exact) mass is 257 g/mol. The van der Waals surface area contributed by atoms with Gasteiger partial charge in [-0.1, -0.05) is 6.08 Å². The molecule has 0 aromatic carbocycles. The van der Waals surface area contributed by atoms with Gasteiger partial charge in [-0.15, -0.1) is 6.58 Å². The maximum atomic E-state index is 12.2. The van der Waals surface area contributed by atoms with E-state index in [9.17, 15) is 4.79 Å². The zero-order valence-corrected chi connectivity index (χ0v) is 11.1. The van der Waals surface area contributed by atoms with Gasteiger partial charge >= 0.3 is 0 Å². The lowest BCUT2D eigenvalue weighted by molar-refractivity contribution is 0.0112. The molecule has 2 fully saturated rings. The molecule has 0 bridgehead atoms. The molecule has 3 heterocycles. The first kappa shape index (κ1) is 12.4. The number of nitrogens with zero attached hydrogens (tertiary/aromatic N) is 3. The zero-order valence-electron chi connectivity index (χ0n) is 11.1. The number of carbonyl (C=O) groups is 1. The summed E-state index contributed by atoms with van der Waals surface area (Å²) in [5.74, 6) is 0.134. The van der Waals surface area contributed by atoms with Gasteiger partial charge in [0.2, 0.25) is 0 Å². The van der Waals surface area contributed by atoms with Gasteiger partial charge in [-0.3, -0.25) is 14.7 Å². The Morgan fingerprint density at radius 2 is 2.11 bits per heavy atom. The Hall–Kier alpha value is -1.68. The molecule has 0 saturated carbocycles. The number of rotatable bonds is 3. The van der Waals surface area contributed by atoms with Crippen LogP contribution in [0, 0.1) is 5.41 Å². The standard InChI is InChI=1S/C15H19N3O/c1-2-8-17-9-5-15(10-17)11-18(12-15)14(19)13-3-6-16-7-4-13/h2-4,6-7H,1,5,8-12H2. The van der Waals surface area contributed by atoms with Crippen LogP contribution >= 0.6 is 0 Å². The van der Waals surface area contributed by atoms with E-state index in [4.69, 9.17) is 0 Å². The highest BCUT2D eigenvalue weighted by Gasteiger charge is 2.48. The van der Waals surface area contributed by atoms with Gasteiger partial charge in [0, 0.05) is 49.6 Å². The predicted octanol–water partition coefficient (Wildman–Crippen LogP) is 1.42. The second-order valence-electron chi connectivity index (χ2n) is 5.67. The Labute approximate surface area is 113 Å². The fourth-order valence-corrected chi connectivity index (χ4v) is 3.21. The SMILES string of the molecule is C=CCN1CCC2(C1)CN(C(=O)c1ccncc1)C2. The minimum atomic E-state index is 0.134. The number of pyridine rings is 1. The van der Waals surface area contributed by atoms with E-state index < -0.39 is 0 Å². The van der Waals surface area contributed by atoms with E-state index in [1.807, 2.05) is 11.0 Å². The lowest BCUT2D eigenvalue weighted by atomic mass is 9.79. The first-order valence-corrected chi connectivity index (χ1v) is 6.75. The third kappa shape index (κ3) is 2.28. The second-order valence-corrected chi connectivity index (χ2v) is 5.67. The van der Waals surface area contributed by atoms with E-state index in [0.717, 1.165) is 38.3 Å². The third-order valence-electron chi connectivity index (χ3n) is 4.17. The van der Waals surface area contributed by atoms with E-state index in [1.54, 1.807) is 24.5 Å². The number of amides is 1. The van der Waals surface area contributed by atoms with Crippen LogP contribution in [0.4, 0.5) is 0 Å². The van der Waals surface area contributed by atoms with Crippen LogP contribution < -0.4 is 0 Å². The van der Waals surface area contributed by atoms with Gasteiger partial charge in [-0.2, -0.15) is 0 Å². The molecular weight excluding hydrogens is 238 g/mol. The van der Waals surface area contributed by atoms with Crippen molar-refractivity contribution < 1.29 is 4.79 Å². The van der Waals surface area contributed by atoms with Gasteiger partial charge in [0.15, 0.2) is 0 Å². The van der Waals surface area contributed by atoms with E-state index in [1.165, 1.54) is 6.42 Å². The molecule has 0 aliphatic carbocycles. The van der Waals surface area contributed by atoms with Gasteiger partial charge in [0.1, 0.15) is 0 Å². The van der Waals surface area contributed by atoms with Crippen LogP contribution in [0.1, 0.15) is 16.8 Å². The van der Waals surface area contributed by atoms with Crippen molar-refractivity contribution in [2.45, 2.75) is 6.42 Å². The topological polar surface area (TPSA) is 36.4 Å². The molecule has 4 nitrogen and oxygen atoms in total. The van der Waals surface area contributed by atoms with Gasteiger partial charge < -0.3 is 4.90 Å². The Morgan fingerprint density at radius 3 is 2.79 bits per heavy atom. The predicted molar refractivity (Wildman–Crippen MR) is 73.8 cm³/mol. The van der Waals surface area contributed by atoms with Crippen LogP contribution in [0.2, 0.25) is 0 Å². The zero-order chi connectivity index (χ0) is 13.3. The largest absolute Gasteiger partial charge is 0.337 e. The van der Waals surface area contributed by atoms with Crippen molar-refractivity contribution in [3.8, 4) is 0 Å². The maximum absolute atomic E-state index is 12.2. The quantitative estimate of drug-likeness (QED) is 0.768. The molecule has 0 radical (unpaired) electrons. The van der Waals surface area contributed by atoms with Crippen LogP contribution in [0.5, 0.6) is 0 Å². The molecule has 1 aromatic rings. The Kier molecular flexibility index (Phi) is 3.11. The van der Waals surface area contributed by atoms with Crippen LogP contribution in [0.25, 0.3) is 0 Å². The molecule has 4 heteroatoms. The molecule has 0 N–H and O–H groups in total. The molecule has 0 unspecified atom stereocenters. The molecule has 2 aliphatic rings. The molecule has 2 aliphatic heterocycles. The first-order valence-electron chi connectivity index (χ1n) is 6.75. The lowest BCUT2D eigenvalue weighted by Crippen LogP contribution is -2.59. The molecule has 19 heavy (non-hydrogen) atoms. The number of hydrogen-bond acceptors (Lipinski definition) is 3. The summed E-state index contributed by atoms with van der Waals surface area (Å²) in [5.41, 5.74) is 1.08. The summed E-state index contributed by atoms with van der Waals surface area (Å²) in [4.78, 5) is 20.6. The summed E-state index contributed by atoms with van der Waals surface area (Å²) in [6.45, 7) is 8.75. The van der Waals surface area contributed by atoms with Crippen molar-refractivity contribution in [2.75, 3.05) is 32.7 Å². The molecule has 1 spiro atoms. The highest BCUT2D eigenvalue weighted by atomic mass is 16.2. The molecule has 2 saturated heterocycles. The molecule has 1 aromatic heterocycles. The summed E-state index contributed by atoms with van der Waals surface area (Å²) >= 11 is 0. The van der Waals surface area contributed by atoms with Crippen LogP contribution in [0.15, 0.2) is 37.2 Å². The summed E-state index contributed by atoms with van der Waals surface area (Å²) in [6.07, 6.45) is 6.49. The van der Waals surface area contributed by atoms with Crippen molar-refractivity contribution in [3.63, 3.8) is 0 Å². The fraction of sp³-hybridized carbons (Fsp3) is 0.467. The molecule has 1 amide bonds. The van der Waals surface area contributed by atoms with Crippen LogP contribution in [-0.2, 0) is 0 Å². The molecule has 3 rings (SSSR count). The van der Waals surface area contributed by atoms with Crippen molar-refractivity contribution in [3.05, 3.63) is 42.7 Å². The van der Waals surface area contributed by atoms with E-state index in [0.29, 0.717) is 5.41 Å². The summed E-state index contributed by atoms with van der Waals surface area (Å²) in [7, 11) is 0. The number of hydrogen-bond donors (Lipinski definition) is 0. The Balaban J connectivity index is 1.58. The molecule has 0 atom stereocenters. The average molecular weight is 257 g/mol. The minimum Gasteiger partial charge on any atom is -0.337 e. The van der Waals surface area contributed by atoms with Gasteiger partial charge in [0.25, 0.3) is 5.91 Å². The van der Waals surface area contributed by atoms with E-state index in [2.05, 4.69) is 16.5 Å². The fourth-order valence-electron chi connectivity index (χ4n) is 3.21. The molecule has 100 valence electrons. The number of carbonyl (C=O) groups excluding carboxylic acids is 1. The third-order valence-corrected chi connectivity index (χ3v) is 4.17. The van der Waals surface area contributed by atoms with Gasteiger partial charge in [-0.05, 0) is 25.1 Å². The summed E-state index contributed by atoms with van der Waals surface area (Å²) in [6, 6.07) is 3.57. The highest BCUT2D eigenvalue weighted by molar-refractivity contribution is 5.94. The Bertz CT molecular complexity index is 479. The number of aromatic nitrogens is 1. The van der Waals surface area contributed by atoms with Gasteiger partial charge in [0.05, 0.1) is 0 Å². The van der Waals surface area contributed by atoms with E-state index in [-0.39, 0.29) is 5.91 Å². The summed E-state index contributed by atoms with van der Waals surface area (Å²) in [5, 5.41) is 0. The van der Waals surface area contributed by atoms with Crippen molar-refractivity contribution >= 4 is 5.91 Å². The van der Waals surface area contributed by atoms with Crippen LogP contribution in [-0.4, -0.2) is 53.4 Å². The van der Waals surface area contributed by atoms with Gasteiger partial charge in [-0.25, -0.2) is 0 Å². The van der Waals surface area contributed by atoms with Crippen molar-refractivity contribution in [2.24, 2.45) is 5.41 Å². The van der Waals surface area contributed by atoms with Crippen molar-refractivity contribution in [1.29, 1.82) is 0 Å². The molecular formula is C15H19N3O. The van der Waals surface area contributed by atoms with Crippen LogP contribution in [0.3, 0.4) is 0 Å². The maximum Gasteiger partial charge on any atom is 0.254 e. The average Bonchev–Trinajstić information content (AvgIpc) is 2.82. The number of likely N-dealkylation sites (tertiary alicyclic amines) is 2. The smallest absolute Gasteiger partial charge is 0.254 e. The lowest BCUT2D eigenvalue weighted by Gasteiger charge is -2.48. The Morgan fingerprint density at radius 1 is 1.37 bits per heavy atom. The minimum absolute atomic E-state index is 0.134. The first-order chi connectivity index (χ1) is 9.22. The second kappa shape index (κ2) is 4.78. The highest BCUT2D eigenvalue weighted by Crippen LogP contribution is 2.39. The normalized spacial score (nSPS) is 21.4.